The van der Waals surface area contributed by atoms with E-state index in [4.69, 9.17) is 9.84 Å². The third-order valence-electron chi connectivity index (χ3n) is 4.43. The molecule has 0 bridgehead atoms. The van der Waals surface area contributed by atoms with Gasteiger partial charge in [0, 0.05) is 13.3 Å². The van der Waals surface area contributed by atoms with Crippen LogP contribution in [0.2, 0.25) is 0 Å². The molecular weight excluding hydrogens is 445 g/mol. The number of carboxylic acid groups (broad SMARTS) is 1. The van der Waals surface area contributed by atoms with Crippen molar-refractivity contribution >= 4 is 25.7 Å². The zero-order chi connectivity index (χ0) is 24.4. The van der Waals surface area contributed by atoms with E-state index in [0.29, 0.717) is 6.42 Å². The van der Waals surface area contributed by atoms with Crippen molar-refractivity contribution in [2.24, 2.45) is 0 Å². The molecule has 0 fully saturated rings. The van der Waals surface area contributed by atoms with E-state index in [1.54, 1.807) is 0 Å². The molecule has 0 aliphatic heterocycles. The van der Waals surface area contributed by atoms with Crippen LogP contribution in [0.1, 0.15) is 78.1 Å². The van der Waals surface area contributed by atoms with Gasteiger partial charge in [-0.3, -0.25) is 18.6 Å². The Morgan fingerprint density at radius 2 is 1.44 bits per heavy atom. The van der Waals surface area contributed by atoms with Crippen molar-refractivity contribution < 1.29 is 47.8 Å². The number of aliphatic carboxylic acids is 1. The Kier molecular flexibility index (Phi) is 17.1. The fraction of sp³-hybridized carbons (Fsp3) is 0.850. The van der Waals surface area contributed by atoms with Gasteiger partial charge in [0.15, 0.2) is 6.04 Å². The fourth-order valence-corrected chi connectivity index (χ4v) is 3.47. The minimum atomic E-state index is -4.68. The number of phosphoric ester groups is 1. The number of esters is 1. The molecule has 0 spiro atoms. The maximum atomic E-state index is 11.8. The number of hydrogen-bond donors (Lipinski definition) is 4. The molecule has 0 saturated carbocycles. The summed E-state index contributed by atoms with van der Waals surface area (Å²) in [5, 5.41) is 20.7. The summed E-state index contributed by atoms with van der Waals surface area (Å²) in [5.41, 5.74) is 0. The SMILES string of the molecule is CCCCCCCCCCCC(=O)OCC(O)COP(=O)(O)OCC(NC(C)=O)C(=O)O. The summed E-state index contributed by atoms with van der Waals surface area (Å²) in [6, 6.07) is -1.54. The molecule has 1 amide bonds. The van der Waals surface area contributed by atoms with E-state index in [0.717, 1.165) is 26.2 Å². The van der Waals surface area contributed by atoms with Crippen LogP contribution in [0.4, 0.5) is 0 Å². The number of carbonyl (C=O) groups excluding carboxylic acids is 2. The standard InChI is InChI=1S/C20H38NO10P/c1-3-4-5-6-7-8-9-10-11-12-19(24)29-13-17(23)14-30-32(27,28)31-15-18(20(25)26)21-16(2)22/h17-18,23H,3-15H2,1-2H3,(H,21,22)(H,25,26)(H,27,28). The van der Waals surface area contributed by atoms with Gasteiger partial charge in [0.25, 0.3) is 0 Å². The first kappa shape index (κ1) is 30.5. The Morgan fingerprint density at radius 1 is 0.906 bits per heavy atom. The van der Waals surface area contributed by atoms with Crippen molar-refractivity contribution in [3.8, 4) is 0 Å². The predicted molar refractivity (Wildman–Crippen MR) is 116 cm³/mol. The Morgan fingerprint density at radius 3 is 1.97 bits per heavy atom. The molecule has 188 valence electrons. The molecule has 0 radical (unpaired) electrons. The van der Waals surface area contributed by atoms with Crippen molar-refractivity contribution in [1.29, 1.82) is 0 Å². The first-order valence-electron chi connectivity index (χ1n) is 11.0. The van der Waals surface area contributed by atoms with Crippen LogP contribution in [0.5, 0.6) is 0 Å². The molecule has 0 rings (SSSR count). The highest BCUT2D eigenvalue weighted by Gasteiger charge is 2.28. The molecule has 32 heavy (non-hydrogen) atoms. The highest BCUT2D eigenvalue weighted by atomic mass is 31.2. The maximum absolute atomic E-state index is 11.8. The Hall–Kier alpha value is -1.52. The summed E-state index contributed by atoms with van der Waals surface area (Å²) in [6.07, 6.45) is 8.92. The van der Waals surface area contributed by atoms with Crippen molar-refractivity contribution in [2.75, 3.05) is 19.8 Å². The number of amides is 1. The number of aliphatic hydroxyl groups excluding tert-OH is 1. The smallest absolute Gasteiger partial charge is 0.472 e. The number of ether oxygens (including phenoxy) is 1. The molecule has 0 aromatic carbocycles. The average Bonchev–Trinajstić information content (AvgIpc) is 2.72. The molecule has 3 unspecified atom stereocenters. The van der Waals surface area contributed by atoms with Crippen LogP contribution in [0.25, 0.3) is 0 Å². The second-order valence-corrected chi connectivity index (χ2v) is 9.02. The Bertz CT molecular complexity index is 601. The molecular formula is C20H38NO10P. The molecule has 0 aromatic heterocycles. The first-order chi connectivity index (χ1) is 15.1. The van der Waals surface area contributed by atoms with Crippen molar-refractivity contribution in [2.45, 2.75) is 90.2 Å². The maximum Gasteiger partial charge on any atom is 0.472 e. The lowest BCUT2D eigenvalue weighted by Gasteiger charge is -2.18. The number of rotatable bonds is 20. The van der Waals surface area contributed by atoms with Gasteiger partial charge in [-0.15, -0.1) is 0 Å². The lowest BCUT2D eigenvalue weighted by molar-refractivity contribution is -0.147. The third kappa shape index (κ3) is 18.1. The van der Waals surface area contributed by atoms with Crippen LogP contribution in [0, 0.1) is 0 Å². The van der Waals surface area contributed by atoms with Crippen LogP contribution in [0.15, 0.2) is 0 Å². The largest absolute Gasteiger partial charge is 0.480 e. The molecule has 0 aliphatic rings. The van der Waals surface area contributed by atoms with E-state index in [1.807, 2.05) is 5.32 Å². The number of phosphoric acid groups is 1. The van der Waals surface area contributed by atoms with Crippen LogP contribution < -0.4 is 5.32 Å². The number of aliphatic hydroxyl groups is 1. The van der Waals surface area contributed by atoms with Crippen molar-refractivity contribution in [1.82, 2.24) is 5.32 Å². The van der Waals surface area contributed by atoms with Gasteiger partial charge in [0.2, 0.25) is 5.91 Å². The summed E-state index contributed by atoms with van der Waals surface area (Å²) in [5.74, 6) is -2.59. The number of hydrogen-bond acceptors (Lipinski definition) is 8. The first-order valence-corrected chi connectivity index (χ1v) is 12.5. The number of carboxylic acids is 1. The van der Waals surface area contributed by atoms with Gasteiger partial charge in [0.05, 0.1) is 13.2 Å². The summed E-state index contributed by atoms with van der Waals surface area (Å²) in [7, 11) is -4.68. The van der Waals surface area contributed by atoms with E-state index >= 15 is 0 Å². The molecule has 0 heterocycles. The zero-order valence-corrected chi connectivity index (χ0v) is 19.9. The normalized spacial score (nSPS) is 14.9. The number of carbonyl (C=O) groups is 3. The van der Waals surface area contributed by atoms with E-state index in [9.17, 15) is 28.9 Å². The highest BCUT2D eigenvalue weighted by Crippen LogP contribution is 2.43. The molecule has 11 nitrogen and oxygen atoms in total. The van der Waals surface area contributed by atoms with Crippen LogP contribution in [0.3, 0.4) is 0 Å². The average molecular weight is 483 g/mol. The predicted octanol–water partition coefficient (Wildman–Crippen LogP) is 2.53. The molecule has 4 N–H and O–H groups in total. The monoisotopic (exact) mass is 483 g/mol. The second kappa shape index (κ2) is 18.0. The van der Waals surface area contributed by atoms with Gasteiger partial charge in [-0.2, -0.15) is 0 Å². The number of unbranched alkanes of at least 4 members (excludes halogenated alkanes) is 8. The molecule has 0 saturated heterocycles. The molecule has 12 heteroatoms. The Balaban J connectivity index is 3.92. The van der Waals surface area contributed by atoms with Crippen molar-refractivity contribution in [3.63, 3.8) is 0 Å². The summed E-state index contributed by atoms with van der Waals surface area (Å²) in [4.78, 5) is 43.1. The van der Waals surface area contributed by atoms with E-state index < -0.39 is 57.6 Å². The molecule has 3 atom stereocenters. The van der Waals surface area contributed by atoms with Crippen LogP contribution >= 0.6 is 7.82 Å². The minimum Gasteiger partial charge on any atom is -0.480 e. The lowest BCUT2D eigenvalue weighted by atomic mass is 10.1. The van der Waals surface area contributed by atoms with Gasteiger partial charge in [-0.05, 0) is 6.42 Å². The third-order valence-corrected chi connectivity index (χ3v) is 5.38. The summed E-state index contributed by atoms with van der Waals surface area (Å²) in [6.45, 7) is 1.36. The van der Waals surface area contributed by atoms with Crippen LogP contribution in [-0.4, -0.2) is 64.9 Å². The quantitative estimate of drug-likeness (QED) is 0.115. The van der Waals surface area contributed by atoms with E-state index in [1.165, 1.54) is 32.1 Å². The fourth-order valence-electron chi connectivity index (χ4n) is 2.70. The van der Waals surface area contributed by atoms with Crippen LogP contribution in [-0.2, 0) is 32.7 Å². The topological polar surface area (TPSA) is 169 Å². The minimum absolute atomic E-state index is 0.227. The van der Waals surface area contributed by atoms with Crippen molar-refractivity contribution in [3.05, 3.63) is 0 Å². The summed E-state index contributed by atoms with van der Waals surface area (Å²) < 4.78 is 25.7. The van der Waals surface area contributed by atoms with Gasteiger partial charge >= 0.3 is 19.8 Å². The van der Waals surface area contributed by atoms with E-state index in [-0.39, 0.29) is 6.42 Å². The van der Waals surface area contributed by atoms with Gasteiger partial charge < -0.3 is 25.2 Å². The van der Waals surface area contributed by atoms with Gasteiger partial charge in [-0.1, -0.05) is 58.3 Å². The highest BCUT2D eigenvalue weighted by molar-refractivity contribution is 7.47. The Labute approximate surface area is 189 Å². The van der Waals surface area contributed by atoms with Gasteiger partial charge in [-0.25, -0.2) is 9.36 Å². The zero-order valence-electron chi connectivity index (χ0n) is 19.0. The number of nitrogens with one attached hydrogen (secondary N) is 1. The molecule has 0 aromatic rings. The lowest BCUT2D eigenvalue weighted by Crippen LogP contribution is -2.42. The summed E-state index contributed by atoms with van der Waals surface area (Å²) >= 11 is 0. The molecule has 0 aliphatic carbocycles. The van der Waals surface area contributed by atoms with Gasteiger partial charge in [0.1, 0.15) is 12.7 Å². The van der Waals surface area contributed by atoms with E-state index in [2.05, 4.69) is 16.0 Å². The second-order valence-electron chi connectivity index (χ2n) is 7.57.